The number of sulfonamides is 1. The van der Waals surface area contributed by atoms with Crippen LogP contribution < -0.4 is 0 Å². The Balaban J connectivity index is 2.14. The fourth-order valence-electron chi connectivity index (χ4n) is 2.22. The summed E-state index contributed by atoms with van der Waals surface area (Å²) < 4.78 is 31.1. The molecule has 1 aromatic rings. The molecule has 18 heavy (non-hydrogen) atoms. The number of hydrogen-bond acceptors (Lipinski definition) is 3. The van der Waals surface area contributed by atoms with Crippen LogP contribution in [-0.4, -0.2) is 44.3 Å². The molecule has 5 heteroatoms. The third-order valence-corrected chi connectivity index (χ3v) is 5.13. The van der Waals surface area contributed by atoms with Crippen molar-refractivity contribution in [1.29, 1.82) is 0 Å². The number of hydrogen-bond donors (Lipinski definition) is 0. The number of nitrogens with zero attached hydrogens (tertiary/aromatic N) is 1. The Bertz CT molecular complexity index is 472. The van der Waals surface area contributed by atoms with Crippen molar-refractivity contribution in [1.82, 2.24) is 4.31 Å². The van der Waals surface area contributed by atoms with E-state index < -0.39 is 10.0 Å². The quantitative estimate of drug-likeness (QED) is 0.827. The molecule has 1 fully saturated rings. The van der Waals surface area contributed by atoms with Crippen LogP contribution in [0.1, 0.15) is 12.5 Å². The summed E-state index contributed by atoms with van der Waals surface area (Å²) in [6.07, 6.45) is 0.708. The Hall–Kier alpha value is -0.910. The lowest BCUT2D eigenvalue weighted by molar-refractivity contribution is 0.0329. The van der Waals surface area contributed by atoms with E-state index in [0.29, 0.717) is 26.2 Å². The van der Waals surface area contributed by atoms with Gasteiger partial charge in [-0.25, -0.2) is 8.42 Å². The molecule has 100 valence electrons. The Morgan fingerprint density at radius 3 is 2.72 bits per heavy atom. The second-order valence-corrected chi connectivity index (χ2v) is 6.64. The first-order chi connectivity index (χ1) is 8.63. The first kappa shape index (κ1) is 13.5. The summed E-state index contributed by atoms with van der Waals surface area (Å²) in [5, 5.41) is 0. The smallest absolute Gasteiger partial charge is 0.214 e. The number of benzene rings is 1. The highest BCUT2D eigenvalue weighted by molar-refractivity contribution is 7.89. The van der Waals surface area contributed by atoms with Crippen LogP contribution in [0.15, 0.2) is 30.3 Å². The highest BCUT2D eigenvalue weighted by Gasteiger charge is 2.31. The van der Waals surface area contributed by atoms with Gasteiger partial charge in [-0.3, -0.25) is 0 Å². The van der Waals surface area contributed by atoms with E-state index >= 15 is 0 Å². The van der Waals surface area contributed by atoms with Crippen molar-refractivity contribution in [2.24, 2.45) is 0 Å². The molecule has 0 saturated carbocycles. The third-order valence-electron chi connectivity index (χ3n) is 3.21. The number of rotatable bonds is 4. The van der Waals surface area contributed by atoms with Gasteiger partial charge in [0.05, 0.1) is 25.0 Å². The van der Waals surface area contributed by atoms with E-state index in [0.717, 1.165) is 5.56 Å². The molecule has 1 saturated heterocycles. The zero-order valence-corrected chi connectivity index (χ0v) is 11.4. The standard InChI is InChI=1S/C13H19NO3S/c1-2-18(15,16)14-8-9-17-11-13(14)10-12-6-4-3-5-7-12/h3-7,13H,2,8-11H2,1H3. The van der Waals surface area contributed by atoms with Crippen molar-refractivity contribution in [3.05, 3.63) is 35.9 Å². The van der Waals surface area contributed by atoms with Crippen molar-refractivity contribution >= 4 is 10.0 Å². The monoisotopic (exact) mass is 269 g/mol. The van der Waals surface area contributed by atoms with Gasteiger partial charge in [0.15, 0.2) is 0 Å². The molecule has 0 radical (unpaired) electrons. The molecule has 1 aliphatic rings. The molecular weight excluding hydrogens is 250 g/mol. The van der Waals surface area contributed by atoms with Gasteiger partial charge >= 0.3 is 0 Å². The molecule has 0 bridgehead atoms. The maximum absolute atomic E-state index is 12.0. The zero-order chi connectivity index (χ0) is 13.0. The molecule has 1 aromatic carbocycles. The minimum absolute atomic E-state index is 0.0777. The summed E-state index contributed by atoms with van der Waals surface area (Å²) in [5.74, 6) is 0.151. The SMILES string of the molecule is CCS(=O)(=O)N1CCOCC1Cc1ccccc1. The summed E-state index contributed by atoms with van der Waals surface area (Å²) in [7, 11) is -3.14. The summed E-state index contributed by atoms with van der Waals surface area (Å²) >= 11 is 0. The zero-order valence-electron chi connectivity index (χ0n) is 10.6. The Morgan fingerprint density at radius 2 is 2.06 bits per heavy atom. The van der Waals surface area contributed by atoms with E-state index in [1.165, 1.54) is 0 Å². The highest BCUT2D eigenvalue weighted by Crippen LogP contribution is 2.17. The van der Waals surface area contributed by atoms with Crippen molar-refractivity contribution in [3.63, 3.8) is 0 Å². The average Bonchev–Trinajstić information content (AvgIpc) is 2.40. The Labute approximate surface area is 109 Å². The Morgan fingerprint density at radius 1 is 1.33 bits per heavy atom. The van der Waals surface area contributed by atoms with Gasteiger partial charge in [0, 0.05) is 6.54 Å². The number of morpholine rings is 1. The summed E-state index contributed by atoms with van der Waals surface area (Å²) in [5.41, 5.74) is 1.14. The van der Waals surface area contributed by atoms with Crippen LogP contribution in [0.25, 0.3) is 0 Å². The van der Waals surface area contributed by atoms with Crippen LogP contribution in [0.2, 0.25) is 0 Å². The molecule has 0 amide bonds. The van der Waals surface area contributed by atoms with Crippen LogP contribution in [0.5, 0.6) is 0 Å². The predicted octanol–water partition coefficient (Wildman–Crippen LogP) is 1.28. The van der Waals surface area contributed by atoms with Gasteiger partial charge in [-0.15, -0.1) is 0 Å². The van der Waals surface area contributed by atoms with E-state index in [4.69, 9.17) is 4.74 Å². The molecule has 0 spiro atoms. The van der Waals surface area contributed by atoms with E-state index in [9.17, 15) is 8.42 Å². The molecular formula is C13H19NO3S. The van der Waals surface area contributed by atoms with Crippen LogP contribution in [0.4, 0.5) is 0 Å². The molecule has 0 N–H and O–H groups in total. The fraction of sp³-hybridized carbons (Fsp3) is 0.538. The van der Waals surface area contributed by atoms with Crippen molar-refractivity contribution in [2.45, 2.75) is 19.4 Å². The normalized spacial score (nSPS) is 21.9. The molecule has 0 aliphatic carbocycles. The van der Waals surface area contributed by atoms with Gasteiger partial charge in [0.2, 0.25) is 10.0 Å². The lowest BCUT2D eigenvalue weighted by Crippen LogP contribution is -2.50. The van der Waals surface area contributed by atoms with Crippen molar-refractivity contribution < 1.29 is 13.2 Å². The van der Waals surface area contributed by atoms with Crippen LogP contribution in [0, 0.1) is 0 Å². The van der Waals surface area contributed by atoms with E-state index in [2.05, 4.69) is 0 Å². The average molecular weight is 269 g/mol. The van der Waals surface area contributed by atoms with Gasteiger partial charge in [0.1, 0.15) is 0 Å². The maximum Gasteiger partial charge on any atom is 0.214 e. The second-order valence-electron chi connectivity index (χ2n) is 4.43. The third kappa shape index (κ3) is 3.10. The van der Waals surface area contributed by atoms with E-state index in [-0.39, 0.29) is 11.8 Å². The van der Waals surface area contributed by atoms with Gasteiger partial charge in [-0.05, 0) is 18.9 Å². The molecule has 1 atom stereocenters. The van der Waals surface area contributed by atoms with Gasteiger partial charge in [0.25, 0.3) is 0 Å². The molecule has 4 nitrogen and oxygen atoms in total. The topological polar surface area (TPSA) is 46.6 Å². The molecule has 2 rings (SSSR count). The molecule has 1 heterocycles. The lowest BCUT2D eigenvalue weighted by atomic mass is 10.1. The second kappa shape index (κ2) is 5.82. The van der Waals surface area contributed by atoms with E-state index in [1.54, 1.807) is 11.2 Å². The van der Waals surface area contributed by atoms with Gasteiger partial charge in [-0.2, -0.15) is 4.31 Å². The molecule has 0 aromatic heterocycles. The predicted molar refractivity (Wildman–Crippen MR) is 70.9 cm³/mol. The summed E-state index contributed by atoms with van der Waals surface area (Å²) in [4.78, 5) is 0. The first-order valence-corrected chi connectivity index (χ1v) is 7.85. The van der Waals surface area contributed by atoms with E-state index in [1.807, 2.05) is 30.3 Å². The van der Waals surface area contributed by atoms with Crippen LogP contribution >= 0.6 is 0 Å². The largest absolute Gasteiger partial charge is 0.378 e. The minimum atomic E-state index is -3.14. The lowest BCUT2D eigenvalue weighted by Gasteiger charge is -2.34. The summed E-state index contributed by atoms with van der Waals surface area (Å²) in [6.45, 7) is 3.12. The minimum Gasteiger partial charge on any atom is -0.378 e. The van der Waals surface area contributed by atoms with Gasteiger partial charge in [-0.1, -0.05) is 30.3 Å². The fourth-order valence-corrected chi connectivity index (χ4v) is 3.49. The van der Waals surface area contributed by atoms with Gasteiger partial charge < -0.3 is 4.74 Å². The van der Waals surface area contributed by atoms with Crippen molar-refractivity contribution in [2.75, 3.05) is 25.5 Å². The first-order valence-electron chi connectivity index (χ1n) is 6.24. The summed E-state index contributed by atoms with van der Waals surface area (Å²) in [6, 6.07) is 9.86. The highest BCUT2D eigenvalue weighted by atomic mass is 32.2. The molecule has 1 unspecified atom stereocenters. The van der Waals surface area contributed by atoms with Crippen LogP contribution in [0.3, 0.4) is 0 Å². The number of ether oxygens (including phenoxy) is 1. The Kier molecular flexibility index (Phi) is 4.37. The molecule has 1 aliphatic heterocycles. The maximum atomic E-state index is 12.0. The van der Waals surface area contributed by atoms with Crippen LogP contribution in [-0.2, 0) is 21.2 Å². The van der Waals surface area contributed by atoms with Crippen molar-refractivity contribution in [3.8, 4) is 0 Å².